The standard InChI is InChI=1S/C88H62N2S2/c1-87(2)79-49-43-70(54-77(79)72-44-46-74-71-21-13-14-22-81(71)91-85(74)83(72)87)90(67-36-29-58(30-37-67)55-15-7-5-8-16-55)68-38-31-59(32-39-68)57-23-25-60(26-24-57)64-35-50-82-78(52-64)75-47-45-73-76-53-69(42-48-80(76)88(3,4)84(73)86(75)92-82)89(65-19-9-6-10-20-65)66-40-33-61(34-41-66)63-28-27-56-17-11-12-18-62(56)51-63/h5-54H,1-4H3. The van der Waals surface area contributed by atoms with Crippen LogP contribution < -0.4 is 9.80 Å². The number of hydrogen-bond donors (Lipinski definition) is 0. The van der Waals surface area contributed by atoms with Gasteiger partial charge in [0.25, 0.3) is 0 Å². The molecule has 2 aliphatic rings. The van der Waals surface area contributed by atoms with E-state index >= 15 is 0 Å². The van der Waals surface area contributed by atoms with Crippen LogP contribution in [-0.2, 0) is 10.8 Å². The van der Waals surface area contributed by atoms with Crippen molar-refractivity contribution in [1.82, 2.24) is 0 Å². The van der Waals surface area contributed by atoms with Crippen molar-refractivity contribution < 1.29 is 0 Å². The zero-order chi connectivity index (χ0) is 61.4. The van der Waals surface area contributed by atoms with Crippen LogP contribution in [0, 0.1) is 0 Å². The second kappa shape index (κ2) is 21.0. The number of thiophene rings is 2. The molecule has 16 aromatic rings. The van der Waals surface area contributed by atoms with Crippen molar-refractivity contribution in [2.24, 2.45) is 0 Å². The summed E-state index contributed by atoms with van der Waals surface area (Å²) in [6.45, 7) is 9.64. The summed E-state index contributed by atoms with van der Waals surface area (Å²) in [5.41, 5.74) is 26.9. The van der Waals surface area contributed by atoms with Crippen molar-refractivity contribution in [1.29, 1.82) is 0 Å². The van der Waals surface area contributed by atoms with Gasteiger partial charge in [0.1, 0.15) is 0 Å². The third-order valence-electron chi connectivity index (χ3n) is 20.0. The van der Waals surface area contributed by atoms with Crippen LogP contribution in [0.3, 0.4) is 0 Å². The molecular formula is C88H62N2S2. The van der Waals surface area contributed by atoms with Crippen molar-refractivity contribution >= 4 is 108 Å². The lowest BCUT2D eigenvalue weighted by atomic mass is 9.82. The van der Waals surface area contributed by atoms with Gasteiger partial charge in [0.15, 0.2) is 0 Å². The van der Waals surface area contributed by atoms with E-state index in [4.69, 9.17) is 0 Å². The molecule has 0 fully saturated rings. The molecule has 0 aliphatic heterocycles. The van der Waals surface area contributed by atoms with Crippen LogP contribution >= 0.6 is 22.7 Å². The zero-order valence-electron chi connectivity index (χ0n) is 51.6. The van der Waals surface area contributed by atoms with Crippen molar-refractivity contribution in [2.45, 2.75) is 38.5 Å². The molecule has 14 aromatic carbocycles. The van der Waals surface area contributed by atoms with Crippen molar-refractivity contribution in [2.75, 3.05) is 9.80 Å². The minimum absolute atomic E-state index is 0.143. The number of para-hydroxylation sites is 1. The largest absolute Gasteiger partial charge is 0.310 e. The van der Waals surface area contributed by atoms with Crippen LogP contribution in [0.25, 0.3) is 118 Å². The molecule has 0 amide bonds. The number of anilines is 6. The van der Waals surface area contributed by atoms with Crippen LogP contribution in [0.1, 0.15) is 49.9 Å². The molecule has 0 atom stereocenters. The molecule has 0 spiro atoms. The molecule has 2 aliphatic carbocycles. The number of hydrogen-bond acceptors (Lipinski definition) is 4. The number of nitrogens with zero attached hydrogens (tertiary/aromatic N) is 2. The van der Waals surface area contributed by atoms with Gasteiger partial charge < -0.3 is 9.80 Å². The highest BCUT2D eigenvalue weighted by Gasteiger charge is 2.40. The van der Waals surface area contributed by atoms with Crippen LogP contribution in [0.4, 0.5) is 34.1 Å². The molecule has 0 saturated heterocycles. The molecule has 0 radical (unpaired) electrons. The second-order valence-electron chi connectivity index (χ2n) is 26.0. The average molecular weight is 1210 g/mol. The molecule has 2 aromatic heterocycles. The Morgan fingerprint density at radius 3 is 1.16 bits per heavy atom. The highest BCUT2D eigenvalue weighted by Crippen LogP contribution is 2.57. The van der Waals surface area contributed by atoms with Gasteiger partial charge in [-0.1, -0.05) is 234 Å². The molecule has 4 heteroatoms. The van der Waals surface area contributed by atoms with Gasteiger partial charge in [-0.25, -0.2) is 0 Å². The number of rotatable bonds is 10. The molecule has 0 saturated carbocycles. The summed E-state index contributed by atoms with van der Waals surface area (Å²) in [5.74, 6) is 0. The Morgan fingerprint density at radius 2 is 0.620 bits per heavy atom. The molecule has 0 N–H and O–H groups in total. The highest BCUT2D eigenvalue weighted by atomic mass is 32.1. The van der Waals surface area contributed by atoms with Gasteiger partial charge in [0, 0.05) is 85.3 Å². The normalized spacial score (nSPS) is 13.4. The quantitative estimate of drug-likeness (QED) is 0.135. The van der Waals surface area contributed by atoms with E-state index in [1.165, 1.54) is 140 Å². The average Bonchev–Trinajstić information content (AvgIpc) is 1.58. The molecule has 18 rings (SSSR count). The van der Waals surface area contributed by atoms with E-state index in [0.29, 0.717) is 0 Å². The topological polar surface area (TPSA) is 6.48 Å². The summed E-state index contributed by atoms with van der Waals surface area (Å²) in [4.78, 5) is 4.82. The van der Waals surface area contributed by atoms with E-state index in [2.05, 4.69) is 341 Å². The SMILES string of the molecule is CC1(C)c2ccc(N(c3ccc(-c4ccccc4)cc3)c3ccc(-c4ccc(-c5ccc6sc7c8c(ccc7c6c5)-c5cc(N(c6ccccc6)c6ccc(-c7ccc9ccccc9c7)cc6)ccc5C8(C)C)cc4)cc3)cc2-c2ccc3c(sc4ccccc43)c21. The second-order valence-corrected chi connectivity index (χ2v) is 28.1. The zero-order valence-corrected chi connectivity index (χ0v) is 53.2. The Labute approximate surface area is 544 Å². The van der Waals surface area contributed by atoms with E-state index in [9.17, 15) is 0 Å². The lowest BCUT2D eigenvalue weighted by molar-refractivity contribution is 0.667. The van der Waals surface area contributed by atoms with Gasteiger partial charge in [0.05, 0.1) is 0 Å². The molecule has 436 valence electrons. The first-order valence-corrected chi connectivity index (χ1v) is 33.6. The number of benzene rings is 14. The van der Waals surface area contributed by atoms with E-state index in [1.54, 1.807) is 0 Å². The molecule has 0 bridgehead atoms. The fourth-order valence-corrected chi connectivity index (χ4v) is 18.2. The summed E-state index contributed by atoms with van der Waals surface area (Å²) >= 11 is 3.87. The first-order chi connectivity index (χ1) is 45.1. The maximum Gasteiger partial charge on any atom is 0.0468 e. The third kappa shape index (κ3) is 8.65. The molecule has 2 nitrogen and oxygen atoms in total. The van der Waals surface area contributed by atoms with Crippen molar-refractivity contribution in [3.8, 4) is 66.8 Å². The van der Waals surface area contributed by atoms with Crippen LogP contribution in [0.5, 0.6) is 0 Å². The summed E-state index contributed by atoms with van der Waals surface area (Å²) in [6, 6.07) is 113. The van der Waals surface area contributed by atoms with Crippen molar-refractivity contribution in [3.05, 3.63) is 326 Å². The molecular weight excluding hydrogens is 1150 g/mol. The van der Waals surface area contributed by atoms with Gasteiger partial charge in [-0.05, 0) is 197 Å². The Morgan fingerprint density at radius 1 is 0.239 bits per heavy atom. The van der Waals surface area contributed by atoms with E-state index in [1.807, 2.05) is 22.7 Å². The third-order valence-corrected chi connectivity index (χ3v) is 22.4. The Kier molecular flexibility index (Phi) is 12.4. The summed E-state index contributed by atoms with van der Waals surface area (Å²) in [6.07, 6.45) is 0. The Bertz CT molecular complexity index is 5600. The minimum atomic E-state index is -0.189. The smallest absolute Gasteiger partial charge is 0.0468 e. The predicted octanol–water partition coefficient (Wildman–Crippen LogP) is 25.8. The fourth-order valence-electron chi connectivity index (χ4n) is 15.4. The van der Waals surface area contributed by atoms with Gasteiger partial charge in [-0.15, -0.1) is 22.7 Å². The van der Waals surface area contributed by atoms with Gasteiger partial charge in [-0.2, -0.15) is 0 Å². The highest BCUT2D eigenvalue weighted by molar-refractivity contribution is 7.26. The van der Waals surface area contributed by atoms with E-state index < -0.39 is 0 Å². The fraction of sp³-hybridized carbons (Fsp3) is 0.0682. The summed E-state index contributed by atoms with van der Waals surface area (Å²) in [7, 11) is 0. The van der Waals surface area contributed by atoms with Gasteiger partial charge in [0.2, 0.25) is 0 Å². The Balaban J connectivity index is 0.648. The maximum absolute atomic E-state index is 2.44. The van der Waals surface area contributed by atoms with Crippen LogP contribution in [-0.4, -0.2) is 0 Å². The summed E-state index contributed by atoms with van der Waals surface area (Å²) < 4.78 is 5.43. The van der Waals surface area contributed by atoms with Crippen LogP contribution in [0.2, 0.25) is 0 Å². The van der Waals surface area contributed by atoms with Crippen LogP contribution in [0.15, 0.2) is 303 Å². The van der Waals surface area contributed by atoms with Gasteiger partial charge in [-0.3, -0.25) is 0 Å². The first-order valence-electron chi connectivity index (χ1n) is 31.9. The lowest BCUT2D eigenvalue weighted by Gasteiger charge is -2.27. The van der Waals surface area contributed by atoms with E-state index in [0.717, 1.165) is 34.1 Å². The lowest BCUT2D eigenvalue weighted by Crippen LogP contribution is -2.15. The monoisotopic (exact) mass is 1210 g/mol. The Hall–Kier alpha value is -10.6. The first kappa shape index (κ1) is 54.3. The number of fused-ring (bicyclic) bond motifs is 15. The van der Waals surface area contributed by atoms with Crippen molar-refractivity contribution in [3.63, 3.8) is 0 Å². The summed E-state index contributed by atoms with van der Waals surface area (Å²) in [5, 5.41) is 7.84. The molecule has 0 unspecified atom stereocenters. The molecule has 2 heterocycles. The predicted molar refractivity (Wildman–Crippen MR) is 396 cm³/mol. The minimum Gasteiger partial charge on any atom is -0.310 e. The van der Waals surface area contributed by atoms with E-state index in [-0.39, 0.29) is 10.8 Å². The maximum atomic E-state index is 2.44. The van der Waals surface area contributed by atoms with Gasteiger partial charge >= 0.3 is 0 Å². The molecule has 92 heavy (non-hydrogen) atoms.